The summed E-state index contributed by atoms with van der Waals surface area (Å²) in [5, 5.41) is 2.33. The van der Waals surface area contributed by atoms with Crippen LogP contribution in [-0.2, 0) is 4.74 Å². The third-order valence-corrected chi connectivity index (χ3v) is 4.35. The van der Waals surface area contributed by atoms with Crippen molar-refractivity contribution >= 4 is 16.7 Å². The van der Waals surface area contributed by atoms with E-state index in [0.717, 1.165) is 22.1 Å². The van der Waals surface area contributed by atoms with Crippen LogP contribution in [0.25, 0.3) is 21.9 Å². The zero-order valence-electron chi connectivity index (χ0n) is 12.8. The molecule has 23 heavy (non-hydrogen) atoms. The maximum absolute atomic E-state index is 12.8. The molecule has 0 atom stereocenters. The minimum atomic E-state index is 0.0671. The van der Waals surface area contributed by atoms with Crippen molar-refractivity contribution in [3.8, 4) is 11.1 Å². The first-order valence-corrected chi connectivity index (χ1v) is 7.86. The molecule has 1 amide bonds. The summed E-state index contributed by atoms with van der Waals surface area (Å²) in [6.07, 6.45) is 3.71. The molecule has 1 fully saturated rings. The number of aromatic amines is 1. The normalized spacial score (nSPS) is 15.0. The number of nitrogens with zero attached hydrogens (tertiary/aromatic N) is 1. The highest BCUT2D eigenvalue weighted by atomic mass is 16.5. The standard InChI is InChI=1S/C19H18N2O2/c22-19(21-8-10-23-11-9-21)18-13-20-12-17(18)16-7-3-5-14-4-1-2-6-15(14)16/h1-7,12-13,20H,8-11H2. The van der Waals surface area contributed by atoms with E-state index in [4.69, 9.17) is 4.74 Å². The molecular formula is C19H18N2O2. The van der Waals surface area contributed by atoms with Crippen LogP contribution in [0.1, 0.15) is 10.4 Å². The molecule has 4 heteroatoms. The Bertz CT molecular complexity index is 842. The Balaban J connectivity index is 1.78. The van der Waals surface area contributed by atoms with Gasteiger partial charge in [0.05, 0.1) is 18.8 Å². The van der Waals surface area contributed by atoms with E-state index in [9.17, 15) is 4.79 Å². The predicted octanol–water partition coefficient (Wildman–Crippen LogP) is 3.31. The summed E-state index contributed by atoms with van der Waals surface area (Å²) in [5.41, 5.74) is 2.77. The molecule has 1 saturated heterocycles. The number of H-pyrrole nitrogens is 1. The highest BCUT2D eigenvalue weighted by Gasteiger charge is 2.22. The quantitative estimate of drug-likeness (QED) is 0.789. The average Bonchev–Trinajstić information content (AvgIpc) is 3.11. The van der Waals surface area contributed by atoms with Crippen LogP contribution in [0.15, 0.2) is 54.9 Å². The number of amides is 1. The molecule has 1 aliphatic rings. The van der Waals surface area contributed by atoms with Crippen molar-refractivity contribution in [3.63, 3.8) is 0 Å². The van der Waals surface area contributed by atoms with Gasteiger partial charge in [-0.1, -0.05) is 42.5 Å². The Morgan fingerprint density at radius 1 is 0.957 bits per heavy atom. The Hall–Kier alpha value is -2.59. The van der Waals surface area contributed by atoms with Crippen molar-refractivity contribution in [3.05, 3.63) is 60.4 Å². The highest BCUT2D eigenvalue weighted by Crippen LogP contribution is 2.31. The fourth-order valence-corrected chi connectivity index (χ4v) is 3.16. The molecule has 116 valence electrons. The van der Waals surface area contributed by atoms with E-state index in [-0.39, 0.29) is 5.91 Å². The van der Waals surface area contributed by atoms with Gasteiger partial charge in [0.2, 0.25) is 0 Å². The highest BCUT2D eigenvalue weighted by molar-refractivity contribution is 6.05. The SMILES string of the molecule is O=C(c1c[nH]cc1-c1cccc2ccccc12)N1CCOCC1. The third-order valence-electron chi connectivity index (χ3n) is 4.35. The van der Waals surface area contributed by atoms with Gasteiger partial charge in [0.1, 0.15) is 0 Å². The van der Waals surface area contributed by atoms with Crippen LogP contribution in [0.5, 0.6) is 0 Å². The smallest absolute Gasteiger partial charge is 0.256 e. The Morgan fingerprint density at radius 3 is 2.61 bits per heavy atom. The fourth-order valence-electron chi connectivity index (χ4n) is 3.16. The van der Waals surface area contributed by atoms with Crippen molar-refractivity contribution in [2.75, 3.05) is 26.3 Å². The van der Waals surface area contributed by atoms with Gasteiger partial charge in [0.25, 0.3) is 5.91 Å². The molecule has 1 aliphatic heterocycles. The number of carbonyl (C=O) groups is 1. The average molecular weight is 306 g/mol. The number of benzene rings is 2. The third kappa shape index (κ3) is 2.51. The number of fused-ring (bicyclic) bond motifs is 1. The van der Waals surface area contributed by atoms with E-state index in [1.165, 1.54) is 5.39 Å². The van der Waals surface area contributed by atoms with Crippen LogP contribution in [0.4, 0.5) is 0 Å². The van der Waals surface area contributed by atoms with E-state index in [0.29, 0.717) is 26.3 Å². The zero-order chi connectivity index (χ0) is 15.6. The molecule has 0 spiro atoms. The summed E-state index contributed by atoms with van der Waals surface area (Å²) in [4.78, 5) is 17.8. The van der Waals surface area contributed by atoms with Crippen LogP contribution >= 0.6 is 0 Å². The molecule has 0 bridgehead atoms. The van der Waals surface area contributed by atoms with Crippen molar-refractivity contribution < 1.29 is 9.53 Å². The van der Waals surface area contributed by atoms with E-state index in [1.807, 2.05) is 29.3 Å². The lowest BCUT2D eigenvalue weighted by Crippen LogP contribution is -2.40. The zero-order valence-corrected chi connectivity index (χ0v) is 12.8. The number of morpholine rings is 1. The van der Waals surface area contributed by atoms with Crippen LogP contribution < -0.4 is 0 Å². The van der Waals surface area contributed by atoms with Gasteiger partial charge < -0.3 is 14.6 Å². The number of hydrogen-bond acceptors (Lipinski definition) is 2. The summed E-state index contributed by atoms with van der Waals surface area (Å²) in [6.45, 7) is 2.53. The molecule has 1 aromatic heterocycles. The lowest BCUT2D eigenvalue weighted by molar-refractivity contribution is 0.0303. The van der Waals surface area contributed by atoms with Crippen molar-refractivity contribution in [1.82, 2.24) is 9.88 Å². The second kappa shape index (κ2) is 5.89. The van der Waals surface area contributed by atoms with Gasteiger partial charge in [0.15, 0.2) is 0 Å². The molecule has 2 heterocycles. The maximum atomic E-state index is 12.8. The van der Waals surface area contributed by atoms with Gasteiger partial charge in [-0.2, -0.15) is 0 Å². The topological polar surface area (TPSA) is 45.3 Å². The lowest BCUT2D eigenvalue weighted by atomic mass is 9.97. The number of carbonyl (C=O) groups excluding carboxylic acids is 1. The minimum absolute atomic E-state index is 0.0671. The summed E-state index contributed by atoms with van der Waals surface area (Å²) < 4.78 is 5.34. The van der Waals surface area contributed by atoms with Crippen molar-refractivity contribution in [2.45, 2.75) is 0 Å². The van der Waals surface area contributed by atoms with E-state index >= 15 is 0 Å². The van der Waals surface area contributed by atoms with E-state index < -0.39 is 0 Å². The van der Waals surface area contributed by atoms with Gasteiger partial charge >= 0.3 is 0 Å². The van der Waals surface area contributed by atoms with Gasteiger partial charge in [-0.25, -0.2) is 0 Å². The first-order chi connectivity index (χ1) is 11.3. The molecule has 2 aromatic carbocycles. The second-order valence-electron chi connectivity index (χ2n) is 5.71. The van der Waals surface area contributed by atoms with E-state index in [2.05, 4.69) is 29.2 Å². The second-order valence-corrected chi connectivity index (χ2v) is 5.71. The molecule has 0 unspecified atom stereocenters. The Morgan fingerprint density at radius 2 is 1.74 bits per heavy atom. The number of nitrogens with one attached hydrogen (secondary N) is 1. The maximum Gasteiger partial charge on any atom is 0.256 e. The number of ether oxygens (including phenoxy) is 1. The summed E-state index contributed by atoms with van der Waals surface area (Å²) in [5.74, 6) is 0.0671. The predicted molar refractivity (Wildman–Crippen MR) is 90.5 cm³/mol. The van der Waals surface area contributed by atoms with E-state index in [1.54, 1.807) is 6.20 Å². The fraction of sp³-hybridized carbons (Fsp3) is 0.211. The van der Waals surface area contributed by atoms with Crippen LogP contribution in [0.3, 0.4) is 0 Å². The Kier molecular flexibility index (Phi) is 3.60. The monoisotopic (exact) mass is 306 g/mol. The first-order valence-electron chi connectivity index (χ1n) is 7.86. The molecular weight excluding hydrogens is 288 g/mol. The summed E-state index contributed by atoms with van der Waals surface area (Å²) in [7, 11) is 0. The van der Waals surface area contributed by atoms with Gasteiger partial charge in [-0.3, -0.25) is 4.79 Å². The number of rotatable bonds is 2. The van der Waals surface area contributed by atoms with Crippen LogP contribution in [0.2, 0.25) is 0 Å². The van der Waals surface area contributed by atoms with Crippen LogP contribution in [-0.4, -0.2) is 42.1 Å². The Labute approximate surface area is 134 Å². The minimum Gasteiger partial charge on any atom is -0.378 e. The van der Waals surface area contributed by atoms with Gasteiger partial charge in [0, 0.05) is 31.0 Å². The van der Waals surface area contributed by atoms with Crippen LogP contribution in [0, 0.1) is 0 Å². The molecule has 0 saturated carbocycles. The van der Waals surface area contributed by atoms with Crippen molar-refractivity contribution in [2.24, 2.45) is 0 Å². The largest absolute Gasteiger partial charge is 0.378 e. The summed E-state index contributed by atoms with van der Waals surface area (Å²) in [6, 6.07) is 14.4. The van der Waals surface area contributed by atoms with Gasteiger partial charge in [-0.15, -0.1) is 0 Å². The summed E-state index contributed by atoms with van der Waals surface area (Å²) >= 11 is 0. The molecule has 0 radical (unpaired) electrons. The lowest BCUT2D eigenvalue weighted by Gasteiger charge is -2.27. The molecule has 4 nitrogen and oxygen atoms in total. The molecule has 4 rings (SSSR count). The van der Waals surface area contributed by atoms with Crippen molar-refractivity contribution in [1.29, 1.82) is 0 Å². The van der Waals surface area contributed by atoms with Gasteiger partial charge in [-0.05, 0) is 16.3 Å². The molecule has 0 aliphatic carbocycles. The molecule has 3 aromatic rings. The molecule has 1 N–H and O–H groups in total. The number of aromatic nitrogens is 1. The first kappa shape index (κ1) is 14.0. The number of hydrogen-bond donors (Lipinski definition) is 1.